The Hall–Kier alpha value is -1.35. The minimum atomic E-state index is -0.145. The monoisotopic (exact) mass is 248 g/mol. The first-order chi connectivity index (χ1) is 8.45. The average Bonchev–Trinajstić information content (AvgIpc) is 2.30. The molecule has 0 bridgehead atoms. The zero-order chi connectivity index (χ0) is 13.7. The lowest BCUT2D eigenvalue weighted by atomic mass is 9.93. The van der Waals surface area contributed by atoms with Gasteiger partial charge in [0.2, 0.25) is 5.91 Å². The van der Waals surface area contributed by atoms with E-state index in [1.165, 1.54) is 16.7 Å². The molecule has 0 aliphatic rings. The van der Waals surface area contributed by atoms with Crippen molar-refractivity contribution < 1.29 is 4.79 Å². The Balaban J connectivity index is 2.80. The van der Waals surface area contributed by atoms with Gasteiger partial charge >= 0.3 is 0 Å². The van der Waals surface area contributed by atoms with E-state index in [4.69, 9.17) is 5.73 Å². The SMILES string of the molecule is Cc1cccc(CC(CN)C(=O)NC(C)C)c1C. The van der Waals surface area contributed by atoms with Crippen molar-refractivity contribution in [1.82, 2.24) is 5.32 Å². The molecular formula is C15H24N2O. The van der Waals surface area contributed by atoms with Crippen LogP contribution in [-0.2, 0) is 11.2 Å². The van der Waals surface area contributed by atoms with Gasteiger partial charge in [0.1, 0.15) is 0 Å². The van der Waals surface area contributed by atoms with Gasteiger partial charge in [0, 0.05) is 12.6 Å². The zero-order valence-corrected chi connectivity index (χ0v) is 11.8. The number of nitrogens with one attached hydrogen (secondary N) is 1. The summed E-state index contributed by atoms with van der Waals surface area (Å²) < 4.78 is 0. The molecule has 3 heteroatoms. The number of aryl methyl sites for hydroxylation is 1. The van der Waals surface area contributed by atoms with Crippen molar-refractivity contribution >= 4 is 5.91 Å². The maximum absolute atomic E-state index is 12.0. The molecule has 0 saturated carbocycles. The van der Waals surface area contributed by atoms with E-state index in [0.29, 0.717) is 13.0 Å². The van der Waals surface area contributed by atoms with Crippen LogP contribution < -0.4 is 11.1 Å². The smallest absolute Gasteiger partial charge is 0.224 e. The number of benzene rings is 1. The molecule has 0 saturated heterocycles. The summed E-state index contributed by atoms with van der Waals surface area (Å²) in [6, 6.07) is 6.36. The van der Waals surface area contributed by atoms with Crippen molar-refractivity contribution in [2.45, 2.75) is 40.2 Å². The highest BCUT2D eigenvalue weighted by Crippen LogP contribution is 2.16. The number of hydrogen-bond donors (Lipinski definition) is 2. The molecule has 1 unspecified atom stereocenters. The topological polar surface area (TPSA) is 55.1 Å². The van der Waals surface area contributed by atoms with Gasteiger partial charge in [-0.1, -0.05) is 18.2 Å². The first-order valence-corrected chi connectivity index (χ1v) is 6.51. The number of nitrogens with two attached hydrogens (primary N) is 1. The summed E-state index contributed by atoms with van der Waals surface area (Å²) in [7, 11) is 0. The van der Waals surface area contributed by atoms with E-state index in [0.717, 1.165) is 0 Å². The quantitative estimate of drug-likeness (QED) is 0.836. The van der Waals surface area contributed by atoms with Crippen LogP contribution in [0.5, 0.6) is 0 Å². The fourth-order valence-electron chi connectivity index (χ4n) is 1.98. The highest BCUT2D eigenvalue weighted by Gasteiger charge is 2.18. The van der Waals surface area contributed by atoms with Crippen molar-refractivity contribution in [2.24, 2.45) is 11.7 Å². The molecule has 1 aromatic rings. The van der Waals surface area contributed by atoms with Crippen LogP contribution in [0.4, 0.5) is 0 Å². The van der Waals surface area contributed by atoms with E-state index < -0.39 is 0 Å². The minimum Gasteiger partial charge on any atom is -0.354 e. The lowest BCUT2D eigenvalue weighted by Gasteiger charge is -2.18. The molecule has 1 amide bonds. The van der Waals surface area contributed by atoms with E-state index in [2.05, 4.69) is 31.3 Å². The van der Waals surface area contributed by atoms with Gasteiger partial charge < -0.3 is 11.1 Å². The Morgan fingerprint density at radius 1 is 1.33 bits per heavy atom. The molecule has 1 atom stereocenters. The number of rotatable bonds is 5. The van der Waals surface area contributed by atoms with Crippen LogP contribution in [-0.4, -0.2) is 18.5 Å². The standard InChI is InChI=1S/C15H24N2O/c1-10(2)17-15(18)14(9-16)8-13-7-5-6-11(3)12(13)4/h5-7,10,14H,8-9,16H2,1-4H3,(H,17,18). The summed E-state index contributed by atoms with van der Waals surface area (Å²) >= 11 is 0. The molecule has 3 N–H and O–H groups in total. The lowest BCUT2D eigenvalue weighted by Crippen LogP contribution is -2.39. The van der Waals surface area contributed by atoms with Crippen LogP contribution >= 0.6 is 0 Å². The van der Waals surface area contributed by atoms with Gasteiger partial charge in [0.05, 0.1) is 5.92 Å². The molecular weight excluding hydrogens is 224 g/mol. The van der Waals surface area contributed by atoms with Crippen LogP contribution in [0, 0.1) is 19.8 Å². The number of carbonyl (C=O) groups excluding carboxylic acids is 1. The molecule has 3 nitrogen and oxygen atoms in total. The van der Waals surface area contributed by atoms with E-state index in [1.807, 2.05) is 19.9 Å². The normalized spacial score (nSPS) is 12.6. The predicted molar refractivity (Wildman–Crippen MR) is 75.4 cm³/mol. The summed E-state index contributed by atoms with van der Waals surface area (Å²) in [6.45, 7) is 8.49. The second-order valence-corrected chi connectivity index (χ2v) is 5.16. The molecule has 0 fully saturated rings. The molecule has 0 radical (unpaired) electrons. The molecule has 1 rings (SSSR count). The summed E-state index contributed by atoms with van der Waals surface area (Å²) in [5, 5.41) is 2.93. The van der Waals surface area contributed by atoms with E-state index in [-0.39, 0.29) is 17.9 Å². The molecule has 0 spiro atoms. The summed E-state index contributed by atoms with van der Waals surface area (Å²) in [6.07, 6.45) is 0.711. The first-order valence-electron chi connectivity index (χ1n) is 6.51. The molecule has 0 aromatic heterocycles. The number of carbonyl (C=O) groups is 1. The van der Waals surface area contributed by atoms with Crippen molar-refractivity contribution in [2.75, 3.05) is 6.54 Å². The van der Waals surface area contributed by atoms with E-state index in [9.17, 15) is 4.79 Å². The molecule has 0 aliphatic heterocycles. The van der Waals surface area contributed by atoms with Crippen LogP contribution in [0.25, 0.3) is 0 Å². The van der Waals surface area contributed by atoms with Crippen LogP contribution in [0.3, 0.4) is 0 Å². The summed E-state index contributed by atoms with van der Waals surface area (Å²) in [4.78, 5) is 12.0. The highest BCUT2D eigenvalue weighted by molar-refractivity contribution is 5.79. The lowest BCUT2D eigenvalue weighted by molar-refractivity contribution is -0.125. The average molecular weight is 248 g/mol. The zero-order valence-electron chi connectivity index (χ0n) is 11.8. The maximum Gasteiger partial charge on any atom is 0.224 e. The second-order valence-electron chi connectivity index (χ2n) is 5.16. The number of hydrogen-bond acceptors (Lipinski definition) is 2. The largest absolute Gasteiger partial charge is 0.354 e. The predicted octanol–water partition coefficient (Wildman–Crippen LogP) is 1.95. The third-order valence-corrected chi connectivity index (χ3v) is 3.27. The molecule has 0 aliphatic carbocycles. The summed E-state index contributed by atoms with van der Waals surface area (Å²) in [5.41, 5.74) is 9.45. The molecule has 100 valence electrons. The summed E-state index contributed by atoms with van der Waals surface area (Å²) in [5.74, 6) is -0.0960. The molecule has 18 heavy (non-hydrogen) atoms. The fraction of sp³-hybridized carbons (Fsp3) is 0.533. The van der Waals surface area contributed by atoms with Crippen molar-refractivity contribution in [3.05, 3.63) is 34.9 Å². The van der Waals surface area contributed by atoms with Crippen LogP contribution in [0.15, 0.2) is 18.2 Å². The molecule has 1 aromatic carbocycles. The van der Waals surface area contributed by atoms with Crippen molar-refractivity contribution in [3.8, 4) is 0 Å². The highest BCUT2D eigenvalue weighted by atomic mass is 16.1. The second kappa shape index (κ2) is 6.55. The van der Waals surface area contributed by atoms with Gasteiger partial charge in [-0.15, -0.1) is 0 Å². The van der Waals surface area contributed by atoms with Gasteiger partial charge in [0.25, 0.3) is 0 Å². The van der Waals surface area contributed by atoms with Gasteiger partial charge in [0.15, 0.2) is 0 Å². The Morgan fingerprint density at radius 2 is 2.00 bits per heavy atom. The Morgan fingerprint density at radius 3 is 2.56 bits per heavy atom. The van der Waals surface area contributed by atoms with Crippen molar-refractivity contribution in [1.29, 1.82) is 0 Å². The maximum atomic E-state index is 12.0. The Bertz CT molecular complexity index is 413. The first kappa shape index (κ1) is 14.7. The van der Waals surface area contributed by atoms with E-state index in [1.54, 1.807) is 0 Å². The van der Waals surface area contributed by atoms with Gasteiger partial charge in [-0.2, -0.15) is 0 Å². The third-order valence-electron chi connectivity index (χ3n) is 3.27. The fourth-order valence-corrected chi connectivity index (χ4v) is 1.98. The molecule has 0 heterocycles. The van der Waals surface area contributed by atoms with Gasteiger partial charge in [-0.25, -0.2) is 0 Å². The van der Waals surface area contributed by atoms with Gasteiger partial charge in [-0.05, 0) is 50.8 Å². The van der Waals surface area contributed by atoms with E-state index >= 15 is 0 Å². The third kappa shape index (κ3) is 3.84. The van der Waals surface area contributed by atoms with Crippen LogP contribution in [0.2, 0.25) is 0 Å². The van der Waals surface area contributed by atoms with Crippen molar-refractivity contribution in [3.63, 3.8) is 0 Å². The Kier molecular flexibility index (Phi) is 5.35. The number of amides is 1. The van der Waals surface area contributed by atoms with Crippen LogP contribution in [0.1, 0.15) is 30.5 Å². The Labute approximate surface area is 110 Å². The van der Waals surface area contributed by atoms with Gasteiger partial charge in [-0.3, -0.25) is 4.79 Å². The minimum absolute atomic E-state index is 0.0495.